The Bertz CT molecular complexity index is 558. The van der Waals surface area contributed by atoms with Gasteiger partial charge >= 0.3 is 0 Å². The van der Waals surface area contributed by atoms with E-state index in [1.807, 2.05) is 6.92 Å². The van der Waals surface area contributed by atoms with Crippen molar-refractivity contribution in [1.82, 2.24) is 10.2 Å². The molecular formula is C10H16ClN3O3S2. The van der Waals surface area contributed by atoms with Crippen LogP contribution in [-0.4, -0.2) is 44.9 Å². The molecule has 1 saturated heterocycles. The number of hydrogen-bond donors (Lipinski definition) is 2. The summed E-state index contributed by atoms with van der Waals surface area (Å²) in [6.07, 6.45) is 0. The molecule has 6 nitrogen and oxygen atoms in total. The second-order valence-corrected chi connectivity index (χ2v) is 6.95. The molecule has 1 atom stereocenters. The zero-order valence-electron chi connectivity index (χ0n) is 10.3. The minimum Gasteiger partial charge on any atom is -0.333 e. The molecule has 108 valence electrons. The average molecular weight is 326 g/mol. The number of nitrogens with one attached hydrogen (secondary N) is 1. The molecule has 0 aliphatic carbocycles. The fraction of sp³-hybridized carbons (Fsp3) is 0.500. The molecule has 0 aromatic carbocycles. The van der Waals surface area contributed by atoms with Crippen molar-refractivity contribution in [3.05, 3.63) is 17.0 Å². The third kappa shape index (κ3) is 3.67. The zero-order chi connectivity index (χ0) is 13.3. The van der Waals surface area contributed by atoms with Crippen LogP contribution in [0.15, 0.2) is 15.7 Å². The zero-order valence-corrected chi connectivity index (χ0v) is 12.8. The van der Waals surface area contributed by atoms with Crippen LogP contribution < -0.4 is 10.5 Å². The molecule has 1 amide bonds. The van der Waals surface area contributed by atoms with Crippen LogP contribution in [0.4, 0.5) is 0 Å². The van der Waals surface area contributed by atoms with Crippen molar-refractivity contribution >= 4 is 39.7 Å². The van der Waals surface area contributed by atoms with Crippen molar-refractivity contribution in [2.45, 2.75) is 17.2 Å². The van der Waals surface area contributed by atoms with Gasteiger partial charge in [0.05, 0.1) is 5.56 Å². The smallest absolute Gasteiger partial charge is 0.255 e. The van der Waals surface area contributed by atoms with Crippen LogP contribution in [-0.2, 0) is 10.0 Å². The molecule has 1 fully saturated rings. The van der Waals surface area contributed by atoms with Crippen molar-refractivity contribution in [3.63, 3.8) is 0 Å². The number of thiophene rings is 1. The molecule has 0 unspecified atom stereocenters. The third-order valence-electron chi connectivity index (χ3n) is 2.86. The molecule has 19 heavy (non-hydrogen) atoms. The Morgan fingerprint density at radius 2 is 2.26 bits per heavy atom. The van der Waals surface area contributed by atoms with E-state index in [1.165, 1.54) is 11.4 Å². The molecule has 1 aromatic rings. The van der Waals surface area contributed by atoms with E-state index in [9.17, 15) is 13.2 Å². The van der Waals surface area contributed by atoms with E-state index in [-0.39, 0.29) is 28.6 Å². The topological polar surface area (TPSA) is 92.5 Å². The van der Waals surface area contributed by atoms with E-state index in [1.54, 1.807) is 4.90 Å². The van der Waals surface area contributed by atoms with E-state index < -0.39 is 10.0 Å². The minimum absolute atomic E-state index is 0. The van der Waals surface area contributed by atoms with E-state index in [0.29, 0.717) is 12.1 Å². The first kappa shape index (κ1) is 16.4. The number of carbonyl (C=O) groups excluding carboxylic acids is 1. The standard InChI is InChI=1S/C10H15N3O3S2.ClH/c1-7-5-12-2-3-13(7)10(14)8-4-9(17-6-8)18(11,15)16;/h4,6-7,12H,2-3,5H2,1H3,(H2,11,15,16);1H/t7-;/m1./s1. The van der Waals surface area contributed by atoms with Crippen LogP contribution in [0.25, 0.3) is 0 Å². The second-order valence-electron chi connectivity index (χ2n) is 4.25. The molecule has 9 heteroatoms. The molecule has 3 N–H and O–H groups in total. The van der Waals surface area contributed by atoms with Crippen molar-refractivity contribution in [3.8, 4) is 0 Å². The molecule has 0 bridgehead atoms. The number of nitrogens with two attached hydrogens (primary N) is 1. The van der Waals surface area contributed by atoms with Gasteiger partial charge in [-0.2, -0.15) is 0 Å². The largest absolute Gasteiger partial charge is 0.333 e. The lowest BCUT2D eigenvalue weighted by atomic mass is 10.2. The normalized spacial score (nSPS) is 19.9. The molecule has 1 aromatic heterocycles. The van der Waals surface area contributed by atoms with E-state index >= 15 is 0 Å². The van der Waals surface area contributed by atoms with Crippen molar-refractivity contribution in [2.24, 2.45) is 5.14 Å². The SMILES string of the molecule is C[C@@H]1CNCCN1C(=O)c1csc(S(N)(=O)=O)c1.Cl. The van der Waals surface area contributed by atoms with Crippen LogP contribution in [0.1, 0.15) is 17.3 Å². The summed E-state index contributed by atoms with van der Waals surface area (Å²) in [5, 5.41) is 9.76. The summed E-state index contributed by atoms with van der Waals surface area (Å²) in [6.45, 7) is 4.08. The fourth-order valence-corrected chi connectivity index (χ4v) is 3.47. The Hall–Kier alpha value is -0.670. The van der Waals surface area contributed by atoms with Crippen molar-refractivity contribution in [2.75, 3.05) is 19.6 Å². The van der Waals surface area contributed by atoms with Gasteiger partial charge < -0.3 is 10.2 Å². The Kier molecular flexibility index (Phi) is 5.34. The number of nitrogens with zero attached hydrogens (tertiary/aromatic N) is 1. The van der Waals surface area contributed by atoms with Gasteiger partial charge in [0.15, 0.2) is 0 Å². The predicted octanol–water partition coefficient (Wildman–Crippen LogP) is 0.251. The van der Waals surface area contributed by atoms with Gasteiger partial charge in [0.1, 0.15) is 4.21 Å². The van der Waals surface area contributed by atoms with Crippen LogP contribution in [0.3, 0.4) is 0 Å². The summed E-state index contributed by atoms with van der Waals surface area (Å²) in [7, 11) is -3.72. The number of amides is 1. The summed E-state index contributed by atoms with van der Waals surface area (Å²) in [5.41, 5.74) is 0.387. The van der Waals surface area contributed by atoms with Gasteiger partial charge in [-0.3, -0.25) is 4.79 Å². The van der Waals surface area contributed by atoms with E-state index in [2.05, 4.69) is 5.32 Å². The lowest BCUT2D eigenvalue weighted by Gasteiger charge is -2.33. The van der Waals surface area contributed by atoms with Gasteiger partial charge in [-0.05, 0) is 13.0 Å². The highest BCUT2D eigenvalue weighted by Gasteiger charge is 2.25. The number of hydrogen-bond acceptors (Lipinski definition) is 5. The summed E-state index contributed by atoms with van der Waals surface area (Å²) in [5.74, 6) is -0.143. The number of rotatable bonds is 2. The number of carbonyl (C=O) groups is 1. The maximum atomic E-state index is 12.2. The van der Waals surface area contributed by atoms with Crippen molar-refractivity contribution < 1.29 is 13.2 Å². The maximum Gasteiger partial charge on any atom is 0.255 e. The van der Waals surface area contributed by atoms with Gasteiger partial charge in [0, 0.05) is 31.1 Å². The van der Waals surface area contributed by atoms with E-state index in [0.717, 1.165) is 24.4 Å². The first-order chi connectivity index (χ1) is 8.39. The number of piperazine rings is 1. The van der Waals surface area contributed by atoms with Gasteiger partial charge in [0.2, 0.25) is 10.0 Å². The lowest BCUT2D eigenvalue weighted by molar-refractivity contribution is 0.0656. The first-order valence-corrected chi connectivity index (χ1v) is 7.95. The highest BCUT2D eigenvalue weighted by Crippen LogP contribution is 2.21. The maximum absolute atomic E-state index is 12.2. The Morgan fingerprint density at radius 1 is 1.58 bits per heavy atom. The van der Waals surface area contributed by atoms with Gasteiger partial charge in [0.25, 0.3) is 5.91 Å². The van der Waals surface area contributed by atoms with E-state index in [4.69, 9.17) is 5.14 Å². The van der Waals surface area contributed by atoms with Gasteiger partial charge in [-0.25, -0.2) is 13.6 Å². The third-order valence-corrected chi connectivity index (χ3v) is 5.25. The van der Waals surface area contributed by atoms with Crippen LogP contribution >= 0.6 is 23.7 Å². The van der Waals surface area contributed by atoms with Gasteiger partial charge in [-0.1, -0.05) is 0 Å². The highest BCUT2D eigenvalue weighted by molar-refractivity contribution is 7.91. The molecule has 0 spiro atoms. The molecule has 1 aliphatic heterocycles. The Morgan fingerprint density at radius 3 is 2.79 bits per heavy atom. The predicted molar refractivity (Wildman–Crippen MR) is 76.3 cm³/mol. The minimum atomic E-state index is -3.72. The number of halogens is 1. The number of sulfonamides is 1. The summed E-state index contributed by atoms with van der Waals surface area (Å²) in [4.78, 5) is 14.0. The lowest BCUT2D eigenvalue weighted by Crippen LogP contribution is -2.52. The van der Waals surface area contributed by atoms with Gasteiger partial charge in [-0.15, -0.1) is 23.7 Å². The van der Waals surface area contributed by atoms with Crippen LogP contribution in [0.2, 0.25) is 0 Å². The second kappa shape index (κ2) is 6.19. The highest BCUT2D eigenvalue weighted by atomic mass is 35.5. The quantitative estimate of drug-likeness (QED) is 0.815. The first-order valence-electron chi connectivity index (χ1n) is 5.52. The summed E-state index contributed by atoms with van der Waals surface area (Å²) in [6, 6.07) is 1.45. The number of primary sulfonamides is 1. The van der Waals surface area contributed by atoms with Crippen LogP contribution in [0, 0.1) is 0 Å². The summed E-state index contributed by atoms with van der Waals surface area (Å²) < 4.78 is 22.3. The average Bonchev–Trinajstić information content (AvgIpc) is 2.77. The van der Waals surface area contributed by atoms with Crippen molar-refractivity contribution in [1.29, 1.82) is 0 Å². The Balaban J connectivity index is 0.00000180. The molecule has 0 radical (unpaired) electrons. The Labute approximate surface area is 122 Å². The van der Waals surface area contributed by atoms with Crippen LogP contribution in [0.5, 0.6) is 0 Å². The molecular weight excluding hydrogens is 310 g/mol. The molecule has 2 heterocycles. The monoisotopic (exact) mass is 325 g/mol. The molecule has 1 aliphatic rings. The summed E-state index contributed by atoms with van der Waals surface area (Å²) >= 11 is 0.974. The molecule has 2 rings (SSSR count). The fourth-order valence-electron chi connectivity index (χ4n) is 1.89. The molecule has 0 saturated carbocycles.